The maximum Gasteiger partial charge on any atom is 0.350 e. The fourth-order valence-electron chi connectivity index (χ4n) is 1.16. The van der Waals surface area contributed by atoms with E-state index in [-0.39, 0.29) is 0 Å². The van der Waals surface area contributed by atoms with Gasteiger partial charge in [-0.3, -0.25) is 0 Å². The number of aliphatic hydroxyl groups excluding tert-OH is 1. The van der Waals surface area contributed by atoms with Gasteiger partial charge < -0.3 is 25.0 Å². The molecule has 0 radical (unpaired) electrons. The van der Waals surface area contributed by atoms with Crippen LogP contribution in [0.1, 0.15) is 13.8 Å². The molecule has 1 rings (SSSR count). The predicted octanol–water partition coefficient (Wildman–Crippen LogP) is -1.26. The molecule has 1 atom stereocenters. The lowest BCUT2D eigenvalue weighted by atomic mass is 10.2. The summed E-state index contributed by atoms with van der Waals surface area (Å²) >= 11 is 0. The van der Waals surface area contributed by atoms with Crippen LogP contribution in [0.2, 0.25) is 0 Å². The molecule has 0 amide bonds. The molecule has 0 aromatic heterocycles. The van der Waals surface area contributed by atoms with Crippen LogP contribution in [0, 0.1) is 0 Å². The smallest absolute Gasteiger partial charge is 0.350 e. The Kier molecular flexibility index (Phi) is 3.92. The molecule has 1 unspecified atom stereocenters. The SMILES string of the molecule is CC1(C)OC(=O)C(=CNC(CO)C(=O)O)C(=O)O1. The summed E-state index contributed by atoms with van der Waals surface area (Å²) in [6.45, 7) is 2.08. The third-order valence-electron chi connectivity index (χ3n) is 2.03. The van der Waals surface area contributed by atoms with Crippen LogP contribution in [0.4, 0.5) is 0 Å². The molecule has 0 saturated carbocycles. The van der Waals surface area contributed by atoms with Crippen molar-refractivity contribution >= 4 is 17.9 Å². The zero-order valence-corrected chi connectivity index (χ0v) is 9.80. The second-order valence-corrected chi connectivity index (χ2v) is 3.98. The van der Waals surface area contributed by atoms with Crippen molar-refractivity contribution in [1.29, 1.82) is 0 Å². The largest absolute Gasteiger partial charge is 0.480 e. The Balaban J connectivity index is 2.80. The minimum atomic E-state index is -1.35. The third-order valence-corrected chi connectivity index (χ3v) is 2.03. The maximum absolute atomic E-state index is 11.4. The van der Waals surface area contributed by atoms with Gasteiger partial charge in [0.15, 0.2) is 5.57 Å². The van der Waals surface area contributed by atoms with Gasteiger partial charge in [-0.25, -0.2) is 14.4 Å². The van der Waals surface area contributed by atoms with E-state index in [1.54, 1.807) is 0 Å². The van der Waals surface area contributed by atoms with Crippen LogP contribution in [-0.4, -0.2) is 46.6 Å². The van der Waals surface area contributed by atoms with Gasteiger partial charge in [0.25, 0.3) is 5.79 Å². The molecule has 0 bridgehead atoms. The number of nitrogens with one attached hydrogen (secondary N) is 1. The summed E-state index contributed by atoms with van der Waals surface area (Å²) in [6.07, 6.45) is 0.856. The first-order valence-corrected chi connectivity index (χ1v) is 5.03. The number of aliphatic hydroxyl groups is 1. The van der Waals surface area contributed by atoms with Gasteiger partial charge in [0.2, 0.25) is 0 Å². The van der Waals surface area contributed by atoms with Crippen molar-refractivity contribution in [1.82, 2.24) is 5.32 Å². The minimum Gasteiger partial charge on any atom is -0.480 e. The zero-order valence-electron chi connectivity index (χ0n) is 9.80. The maximum atomic E-state index is 11.4. The molecule has 0 spiro atoms. The first-order chi connectivity index (χ1) is 8.26. The number of cyclic esters (lactones) is 2. The molecule has 1 saturated heterocycles. The highest BCUT2D eigenvalue weighted by atomic mass is 16.7. The number of aliphatic carboxylic acids is 1. The van der Waals surface area contributed by atoms with Crippen molar-refractivity contribution in [3.63, 3.8) is 0 Å². The van der Waals surface area contributed by atoms with Gasteiger partial charge in [0, 0.05) is 20.0 Å². The number of carbonyl (C=O) groups is 3. The molecule has 3 N–H and O–H groups in total. The Morgan fingerprint density at radius 3 is 2.28 bits per heavy atom. The summed E-state index contributed by atoms with van der Waals surface area (Å²) in [5.74, 6) is -4.53. The first-order valence-electron chi connectivity index (χ1n) is 5.03. The summed E-state index contributed by atoms with van der Waals surface area (Å²) in [5.41, 5.74) is -0.464. The van der Waals surface area contributed by atoms with Gasteiger partial charge in [-0.1, -0.05) is 0 Å². The number of esters is 2. The highest BCUT2D eigenvalue weighted by Gasteiger charge is 2.39. The molecular weight excluding hydrogens is 246 g/mol. The molecule has 8 heteroatoms. The van der Waals surface area contributed by atoms with E-state index < -0.39 is 41.9 Å². The minimum absolute atomic E-state index is 0.464. The van der Waals surface area contributed by atoms with Crippen LogP contribution in [0.15, 0.2) is 11.8 Å². The molecule has 18 heavy (non-hydrogen) atoms. The second kappa shape index (κ2) is 5.05. The number of carboxylic acid groups (broad SMARTS) is 1. The second-order valence-electron chi connectivity index (χ2n) is 3.98. The molecule has 0 aliphatic carbocycles. The van der Waals surface area contributed by atoms with Gasteiger partial charge in [0.1, 0.15) is 6.04 Å². The molecule has 1 fully saturated rings. The number of carbonyl (C=O) groups excluding carboxylic acids is 2. The molecule has 1 aliphatic heterocycles. The fraction of sp³-hybridized carbons (Fsp3) is 0.500. The summed E-state index contributed by atoms with van der Waals surface area (Å²) in [4.78, 5) is 33.5. The Hall–Kier alpha value is -2.09. The Bertz CT molecular complexity index is 390. The van der Waals surface area contributed by atoms with Crippen LogP contribution in [0.3, 0.4) is 0 Å². The van der Waals surface area contributed by atoms with Gasteiger partial charge in [-0.2, -0.15) is 0 Å². The summed E-state index contributed by atoms with van der Waals surface area (Å²) in [7, 11) is 0. The number of hydrogen-bond acceptors (Lipinski definition) is 7. The van der Waals surface area contributed by atoms with Crippen molar-refractivity contribution in [2.24, 2.45) is 0 Å². The van der Waals surface area contributed by atoms with Crippen molar-refractivity contribution in [3.05, 3.63) is 11.8 Å². The first kappa shape index (κ1) is 14.0. The molecule has 8 nitrogen and oxygen atoms in total. The fourth-order valence-corrected chi connectivity index (χ4v) is 1.16. The molecule has 0 aromatic carbocycles. The summed E-state index contributed by atoms with van der Waals surface area (Å²) in [5, 5.41) is 19.6. The number of ether oxygens (including phenoxy) is 2. The quantitative estimate of drug-likeness (QED) is 0.325. The van der Waals surface area contributed by atoms with Gasteiger partial charge in [-0.05, 0) is 0 Å². The van der Waals surface area contributed by atoms with E-state index in [2.05, 4.69) is 5.32 Å². The number of hydrogen-bond donors (Lipinski definition) is 3. The third kappa shape index (κ3) is 3.20. The van der Waals surface area contributed by atoms with Crippen molar-refractivity contribution in [2.75, 3.05) is 6.61 Å². The normalized spacial score (nSPS) is 19.6. The Morgan fingerprint density at radius 2 is 1.89 bits per heavy atom. The van der Waals surface area contributed by atoms with Gasteiger partial charge in [-0.15, -0.1) is 0 Å². The van der Waals surface area contributed by atoms with E-state index in [0.717, 1.165) is 6.20 Å². The predicted molar refractivity (Wildman–Crippen MR) is 56.0 cm³/mol. The lowest BCUT2D eigenvalue weighted by Crippen LogP contribution is -2.43. The molecule has 100 valence electrons. The molecule has 1 heterocycles. The van der Waals surface area contributed by atoms with Crippen LogP contribution in [0.25, 0.3) is 0 Å². The van der Waals surface area contributed by atoms with E-state index in [1.165, 1.54) is 13.8 Å². The molecule has 1 aliphatic rings. The average Bonchev–Trinajstić information content (AvgIpc) is 2.20. The van der Waals surface area contributed by atoms with Crippen LogP contribution in [0.5, 0.6) is 0 Å². The van der Waals surface area contributed by atoms with Crippen LogP contribution < -0.4 is 5.32 Å². The molecular formula is C10H13NO7. The van der Waals surface area contributed by atoms with E-state index in [0.29, 0.717) is 0 Å². The van der Waals surface area contributed by atoms with E-state index in [1.807, 2.05) is 0 Å². The standard InChI is InChI=1S/C10H13NO7/c1-10(2)17-8(15)5(9(16)18-10)3-11-6(4-12)7(13)14/h3,6,11-12H,4H2,1-2H3,(H,13,14). The number of carboxylic acids is 1. The van der Waals surface area contributed by atoms with Crippen molar-refractivity contribution in [3.8, 4) is 0 Å². The van der Waals surface area contributed by atoms with Gasteiger partial charge in [0.05, 0.1) is 6.61 Å². The van der Waals surface area contributed by atoms with Gasteiger partial charge >= 0.3 is 17.9 Å². The Morgan fingerprint density at radius 1 is 1.39 bits per heavy atom. The summed E-state index contributed by atoms with van der Waals surface area (Å²) in [6, 6.07) is -1.33. The van der Waals surface area contributed by atoms with E-state index >= 15 is 0 Å². The highest BCUT2D eigenvalue weighted by molar-refractivity contribution is 6.15. The highest BCUT2D eigenvalue weighted by Crippen LogP contribution is 2.21. The van der Waals surface area contributed by atoms with Crippen LogP contribution in [-0.2, 0) is 23.9 Å². The molecule has 0 aromatic rings. The van der Waals surface area contributed by atoms with E-state index in [4.69, 9.17) is 19.7 Å². The van der Waals surface area contributed by atoms with Crippen molar-refractivity contribution < 1.29 is 34.1 Å². The zero-order chi connectivity index (χ0) is 13.9. The lowest BCUT2D eigenvalue weighted by Gasteiger charge is -2.29. The van der Waals surface area contributed by atoms with Crippen molar-refractivity contribution in [2.45, 2.75) is 25.7 Å². The average molecular weight is 259 g/mol. The number of rotatable bonds is 4. The lowest BCUT2D eigenvalue weighted by molar-refractivity contribution is -0.222. The monoisotopic (exact) mass is 259 g/mol. The van der Waals surface area contributed by atoms with E-state index in [9.17, 15) is 14.4 Å². The topological polar surface area (TPSA) is 122 Å². The summed E-state index contributed by atoms with van der Waals surface area (Å²) < 4.78 is 9.57. The Labute approximate surface area is 102 Å². The van der Waals surface area contributed by atoms with Crippen LogP contribution >= 0.6 is 0 Å².